The molecular weight excluding hydrogens is 148 g/mol. The first-order valence-electron chi connectivity index (χ1n) is 5.20. The molecule has 0 amide bonds. The summed E-state index contributed by atoms with van der Waals surface area (Å²) in [5.41, 5.74) is 1.47. The third-order valence-corrected chi connectivity index (χ3v) is 2.81. The van der Waals surface area contributed by atoms with E-state index in [2.05, 4.69) is 9.89 Å². The molecule has 0 aromatic carbocycles. The lowest BCUT2D eigenvalue weighted by Crippen LogP contribution is -2.31. The highest BCUT2D eigenvalue weighted by atomic mass is 15.1. The first-order valence-corrected chi connectivity index (χ1v) is 5.20. The van der Waals surface area contributed by atoms with Gasteiger partial charge in [0.1, 0.15) is 0 Å². The van der Waals surface area contributed by atoms with Gasteiger partial charge in [-0.25, -0.2) is 0 Å². The van der Waals surface area contributed by atoms with E-state index in [4.69, 9.17) is 0 Å². The van der Waals surface area contributed by atoms with E-state index in [9.17, 15) is 0 Å². The summed E-state index contributed by atoms with van der Waals surface area (Å²) < 4.78 is 0. The molecule has 2 aliphatic heterocycles. The lowest BCUT2D eigenvalue weighted by atomic mass is 10.1. The highest BCUT2D eigenvalue weighted by molar-refractivity contribution is 5.86. The van der Waals surface area contributed by atoms with Gasteiger partial charge in [-0.15, -0.1) is 0 Å². The van der Waals surface area contributed by atoms with E-state index in [0.29, 0.717) is 0 Å². The summed E-state index contributed by atoms with van der Waals surface area (Å²) in [6.07, 6.45) is 6.69. The van der Waals surface area contributed by atoms with Crippen LogP contribution >= 0.6 is 0 Å². The summed E-state index contributed by atoms with van der Waals surface area (Å²) in [4.78, 5) is 7.19. The Bertz CT molecular complexity index is 175. The molecule has 0 N–H and O–H groups in total. The molecular formula is C10H18N2. The van der Waals surface area contributed by atoms with Gasteiger partial charge in [0.2, 0.25) is 0 Å². The maximum Gasteiger partial charge on any atom is 0.0401 e. The van der Waals surface area contributed by atoms with Gasteiger partial charge in [0.25, 0.3) is 0 Å². The maximum absolute atomic E-state index is 4.62. The Morgan fingerprint density at radius 3 is 2.92 bits per heavy atom. The Hall–Kier alpha value is -0.370. The van der Waals surface area contributed by atoms with Crippen LogP contribution in [0, 0.1) is 0 Å². The van der Waals surface area contributed by atoms with Crippen molar-refractivity contribution in [1.82, 2.24) is 4.90 Å². The Morgan fingerprint density at radius 2 is 1.92 bits per heavy atom. The van der Waals surface area contributed by atoms with Crippen molar-refractivity contribution >= 4 is 5.71 Å². The van der Waals surface area contributed by atoms with Crippen molar-refractivity contribution in [2.75, 3.05) is 26.2 Å². The molecule has 1 saturated heterocycles. The Labute approximate surface area is 74.7 Å². The second-order valence-corrected chi connectivity index (χ2v) is 3.89. The van der Waals surface area contributed by atoms with Crippen LogP contribution in [-0.4, -0.2) is 36.8 Å². The summed E-state index contributed by atoms with van der Waals surface area (Å²) in [5, 5.41) is 0. The quantitative estimate of drug-likeness (QED) is 0.535. The van der Waals surface area contributed by atoms with Crippen molar-refractivity contribution in [2.24, 2.45) is 4.99 Å². The van der Waals surface area contributed by atoms with Crippen molar-refractivity contribution in [3.8, 4) is 0 Å². The van der Waals surface area contributed by atoms with Crippen LogP contribution < -0.4 is 0 Å². The Morgan fingerprint density at radius 1 is 1.00 bits per heavy atom. The predicted octanol–water partition coefficient (Wildman–Crippen LogP) is 1.71. The number of rotatable bonds is 0. The van der Waals surface area contributed by atoms with Crippen LogP contribution in [0.15, 0.2) is 4.99 Å². The largest absolute Gasteiger partial charge is 0.298 e. The highest BCUT2D eigenvalue weighted by Crippen LogP contribution is 2.12. The summed E-state index contributed by atoms with van der Waals surface area (Å²) in [6.45, 7) is 4.82. The standard InChI is InChI=1S/C10H18N2/c1-2-5-10-9-12(7-3-1)8-4-6-11-10/h1-9H2. The van der Waals surface area contributed by atoms with Gasteiger partial charge in [-0.1, -0.05) is 6.42 Å². The third-order valence-electron chi connectivity index (χ3n) is 2.81. The van der Waals surface area contributed by atoms with Crippen molar-refractivity contribution in [3.63, 3.8) is 0 Å². The minimum atomic E-state index is 1.08. The van der Waals surface area contributed by atoms with Crippen molar-refractivity contribution in [3.05, 3.63) is 0 Å². The number of fused-ring (bicyclic) bond motifs is 2. The minimum Gasteiger partial charge on any atom is -0.298 e. The van der Waals surface area contributed by atoms with Crippen molar-refractivity contribution < 1.29 is 0 Å². The topological polar surface area (TPSA) is 15.6 Å². The van der Waals surface area contributed by atoms with Gasteiger partial charge in [0.15, 0.2) is 0 Å². The lowest BCUT2D eigenvalue weighted by molar-refractivity contribution is 0.299. The number of aliphatic imine (C=N–C) groups is 1. The highest BCUT2D eigenvalue weighted by Gasteiger charge is 2.13. The fourth-order valence-corrected chi connectivity index (χ4v) is 2.11. The van der Waals surface area contributed by atoms with Crippen LogP contribution in [0.1, 0.15) is 32.1 Å². The smallest absolute Gasteiger partial charge is 0.0401 e. The second-order valence-electron chi connectivity index (χ2n) is 3.89. The fraction of sp³-hybridized carbons (Fsp3) is 0.900. The van der Waals surface area contributed by atoms with E-state index in [1.54, 1.807) is 0 Å². The molecule has 1 atom stereocenters. The van der Waals surface area contributed by atoms with Gasteiger partial charge >= 0.3 is 0 Å². The average Bonchev–Trinajstić information content (AvgIpc) is 2.25. The van der Waals surface area contributed by atoms with Gasteiger partial charge in [-0.3, -0.25) is 9.89 Å². The zero-order valence-corrected chi connectivity index (χ0v) is 7.76. The summed E-state index contributed by atoms with van der Waals surface area (Å²) in [6, 6.07) is 0. The summed E-state index contributed by atoms with van der Waals surface area (Å²) in [5.74, 6) is 0. The third kappa shape index (κ3) is 2.07. The molecule has 1 fully saturated rings. The molecule has 0 radical (unpaired) electrons. The molecule has 2 nitrogen and oxygen atoms in total. The Balaban J connectivity index is 2.01. The van der Waals surface area contributed by atoms with Gasteiger partial charge in [-0.2, -0.15) is 0 Å². The van der Waals surface area contributed by atoms with Gasteiger partial charge in [-0.05, 0) is 32.2 Å². The molecule has 2 bridgehead atoms. The first kappa shape index (κ1) is 8.24. The molecule has 2 aliphatic rings. The first-order chi connectivity index (χ1) is 5.95. The molecule has 12 heavy (non-hydrogen) atoms. The molecule has 2 heteroatoms. The van der Waals surface area contributed by atoms with E-state index in [0.717, 1.165) is 6.54 Å². The maximum atomic E-state index is 4.62. The van der Waals surface area contributed by atoms with Crippen molar-refractivity contribution in [1.29, 1.82) is 0 Å². The summed E-state index contributed by atoms with van der Waals surface area (Å²) in [7, 11) is 0. The van der Waals surface area contributed by atoms with E-state index >= 15 is 0 Å². The number of hydrogen-bond donors (Lipinski definition) is 0. The molecule has 0 aromatic heterocycles. The molecule has 0 saturated carbocycles. The van der Waals surface area contributed by atoms with Crippen LogP contribution in [-0.2, 0) is 0 Å². The van der Waals surface area contributed by atoms with Crippen molar-refractivity contribution in [2.45, 2.75) is 32.1 Å². The molecule has 0 aromatic rings. The monoisotopic (exact) mass is 166 g/mol. The van der Waals surface area contributed by atoms with E-state index in [-0.39, 0.29) is 0 Å². The SMILES string of the molecule is C1CCC2=NCCCN(CC1)C2. The summed E-state index contributed by atoms with van der Waals surface area (Å²) >= 11 is 0. The van der Waals surface area contributed by atoms with Gasteiger partial charge < -0.3 is 0 Å². The predicted molar refractivity (Wildman–Crippen MR) is 51.8 cm³/mol. The second kappa shape index (κ2) is 4.04. The van der Waals surface area contributed by atoms with Crippen LogP contribution in [0.3, 0.4) is 0 Å². The van der Waals surface area contributed by atoms with E-state index in [1.165, 1.54) is 57.5 Å². The normalized spacial score (nSPS) is 31.3. The zero-order valence-electron chi connectivity index (χ0n) is 7.76. The van der Waals surface area contributed by atoms with Crippen LogP contribution in [0.5, 0.6) is 0 Å². The molecule has 1 unspecified atom stereocenters. The lowest BCUT2D eigenvalue weighted by Gasteiger charge is -2.22. The minimum absolute atomic E-state index is 1.08. The number of hydrogen-bond acceptors (Lipinski definition) is 2. The fourth-order valence-electron chi connectivity index (χ4n) is 2.11. The average molecular weight is 166 g/mol. The van der Waals surface area contributed by atoms with Crippen LogP contribution in [0.2, 0.25) is 0 Å². The Kier molecular flexibility index (Phi) is 2.77. The van der Waals surface area contributed by atoms with E-state index < -0.39 is 0 Å². The molecule has 68 valence electrons. The number of nitrogens with zero attached hydrogens (tertiary/aromatic N) is 2. The van der Waals surface area contributed by atoms with Gasteiger partial charge in [0.05, 0.1) is 0 Å². The molecule has 0 spiro atoms. The molecule has 2 heterocycles. The van der Waals surface area contributed by atoms with Gasteiger partial charge in [0, 0.05) is 25.3 Å². The molecule has 0 aliphatic carbocycles. The van der Waals surface area contributed by atoms with Crippen LogP contribution in [0.4, 0.5) is 0 Å². The zero-order chi connectivity index (χ0) is 8.23. The van der Waals surface area contributed by atoms with E-state index in [1.807, 2.05) is 0 Å². The molecule has 2 rings (SSSR count). The van der Waals surface area contributed by atoms with Crippen LogP contribution in [0.25, 0.3) is 0 Å².